The van der Waals surface area contributed by atoms with Crippen molar-refractivity contribution < 1.29 is 17.9 Å². The predicted molar refractivity (Wildman–Crippen MR) is 116 cm³/mol. The highest BCUT2D eigenvalue weighted by molar-refractivity contribution is 7.91. The number of hydrogen-bond donors (Lipinski definition) is 1. The van der Waals surface area contributed by atoms with E-state index in [4.69, 9.17) is 4.74 Å². The summed E-state index contributed by atoms with van der Waals surface area (Å²) >= 11 is 0. The quantitative estimate of drug-likeness (QED) is 0.676. The predicted octanol–water partition coefficient (Wildman–Crippen LogP) is 3.48. The number of rotatable bonds is 5. The van der Waals surface area contributed by atoms with Crippen molar-refractivity contribution in [2.45, 2.75) is 19.4 Å². The van der Waals surface area contributed by atoms with Crippen LogP contribution in [-0.2, 0) is 9.84 Å². The fraction of sp³-hybridized carbons (Fsp3) is 0.273. The number of methoxy groups -OCH3 is 1. The standard InChI is InChI=1S/C22H23N3O4S/c1-15-3-5-16(6-4-15)21-13-20(24-25(21)18-11-12-30(27,28)14-18)22(26)23-17-7-9-19(29-2)10-8-17/h3-10,13,18H,11-12,14H2,1-2H3,(H,23,26). The van der Waals surface area contributed by atoms with E-state index >= 15 is 0 Å². The smallest absolute Gasteiger partial charge is 0.276 e. The van der Waals surface area contributed by atoms with Crippen molar-refractivity contribution in [1.29, 1.82) is 0 Å². The van der Waals surface area contributed by atoms with Crippen LogP contribution in [0, 0.1) is 6.92 Å². The first kappa shape index (κ1) is 20.2. The summed E-state index contributed by atoms with van der Waals surface area (Å²) in [6, 6.07) is 16.3. The van der Waals surface area contributed by atoms with Gasteiger partial charge in [0, 0.05) is 5.69 Å². The third-order valence-corrected chi connectivity index (χ3v) is 6.97. The zero-order valence-corrected chi connectivity index (χ0v) is 17.6. The van der Waals surface area contributed by atoms with Crippen LogP contribution < -0.4 is 10.1 Å². The SMILES string of the molecule is COc1ccc(NC(=O)c2cc(-c3ccc(C)cc3)n(C3CCS(=O)(=O)C3)n2)cc1. The van der Waals surface area contributed by atoms with Crippen LogP contribution in [0.3, 0.4) is 0 Å². The van der Waals surface area contributed by atoms with Crippen molar-refractivity contribution in [2.24, 2.45) is 0 Å². The molecule has 1 saturated heterocycles. The van der Waals surface area contributed by atoms with Gasteiger partial charge in [0.1, 0.15) is 5.75 Å². The molecule has 2 aromatic carbocycles. The molecule has 0 saturated carbocycles. The minimum Gasteiger partial charge on any atom is -0.497 e. The molecule has 4 rings (SSSR count). The Labute approximate surface area is 175 Å². The normalized spacial score (nSPS) is 17.6. The molecule has 7 nitrogen and oxygen atoms in total. The Morgan fingerprint density at radius 3 is 2.43 bits per heavy atom. The van der Waals surface area contributed by atoms with E-state index in [0.717, 1.165) is 16.8 Å². The fourth-order valence-electron chi connectivity index (χ4n) is 3.56. The summed E-state index contributed by atoms with van der Waals surface area (Å²) in [7, 11) is -1.51. The molecule has 2 heterocycles. The lowest BCUT2D eigenvalue weighted by molar-refractivity contribution is 0.102. The number of ether oxygens (including phenoxy) is 1. The number of nitrogens with one attached hydrogen (secondary N) is 1. The summed E-state index contributed by atoms with van der Waals surface area (Å²) in [6.45, 7) is 2.00. The number of anilines is 1. The van der Waals surface area contributed by atoms with Crippen LogP contribution in [0.1, 0.15) is 28.5 Å². The van der Waals surface area contributed by atoms with Crippen LogP contribution in [0.25, 0.3) is 11.3 Å². The number of carbonyl (C=O) groups is 1. The van der Waals surface area contributed by atoms with E-state index in [-0.39, 0.29) is 29.1 Å². The number of hydrogen-bond acceptors (Lipinski definition) is 5. The maximum atomic E-state index is 12.8. The summed E-state index contributed by atoms with van der Waals surface area (Å²) in [4.78, 5) is 12.8. The molecule has 8 heteroatoms. The van der Waals surface area contributed by atoms with Crippen LogP contribution >= 0.6 is 0 Å². The zero-order valence-electron chi connectivity index (χ0n) is 16.8. The van der Waals surface area contributed by atoms with E-state index in [1.165, 1.54) is 0 Å². The summed E-state index contributed by atoms with van der Waals surface area (Å²) in [5.41, 5.74) is 3.60. The van der Waals surface area contributed by atoms with Gasteiger partial charge in [0.05, 0.1) is 30.4 Å². The number of amides is 1. The third kappa shape index (κ3) is 4.23. The van der Waals surface area contributed by atoms with Gasteiger partial charge in [-0.25, -0.2) is 8.42 Å². The topological polar surface area (TPSA) is 90.3 Å². The number of carbonyl (C=O) groups excluding carboxylic acids is 1. The van der Waals surface area contributed by atoms with Gasteiger partial charge in [-0.05, 0) is 49.2 Å². The Bertz CT molecular complexity index is 1170. The number of nitrogens with zero attached hydrogens (tertiary/aromatic N) is 2. The van der Waals surface area contributed by atoms with Gasteiger partial charge in [-0.1, -0.05) is 29.8 Å². The Morgan fingerprint density at radius 2 is 1.83 bits per heavy atom. The van der Waals surface area contributed by atoms with Crippen LogP contribution in [0.4, 0.5) is 5.69 Å². The Balaban J connectivity index is 1.67. The van der Waals surface area contributed by atoms with Gasteiger partial charge in [-0.3, -0.25) is 9.48 Å². The van der Waals surface area contributed by atoms with Crippen LogP contribution in [-0.4, -0.2) is 42.7 Å². The molecule has 30 heavy (non-hydrogen) atoms. The lowest BCUT2D eigenvalue weighted by Gasteiger charge is -2.13. The van der Waals surface area contributed by atoms with E-state index in [1.807, 2.05) is 31.2 Å². The Morgan fingerprint density at radius 1 is 1.13 bits per heavy atom. The number of aromatic nitrogens is 2. The summed E-state index contributed by atoms with van der Waals surface area (Å²) < 4.78 is 30.8. The largest absolute Gasteiger partial charge is 0.497 e. The molecule has 0 bridgehead atoms. The van der Waals surface area contributed by atoms with E-state index in [0.29, 0.717) is 17.9 Å². The molecule has 1 N–H and O–H groups in total. The number of sulfone groups is 1. The van der Waals surface area contributed by atoms with E-state index in [2.05, 4.69) is 10.4 Å². The molecule has 0 radical (unpaired) electrons. The average Bonchev–Trinajstić information content (AvgIpc) is 3.32. The molecule has 3 aromatic rings. The molecule has 1 aromatic heterocycles. The van der Waals surface area contributed by atoms with Gasteiger partial charge in [0.25, 0.3) is 5.91 Å². The van der Waals surface area contributed by atoms with Gasteiger partial charge < -0.3 is 10.1 Å². The monoisotopic (exact) mass is 425 g/mol. The fourth-order valence-corrected chi connectivity index (χ4v) is 5.25. The Kier molecular flexibility index (Phi) is 5.34. The first-order chi connectivity index (χ1) is 14.3. The highest BCUT2D eigenvalue weighted by atomic mass is 32.2. The first-order valence-electron chi connectivity index (χ1n) is 9.67. The second-order valence-electron chi connectivity index (χ2n) is 7.46. The van der Waals surface area contributed by atoms with Crippen LogP contribution in [0.5, 0.6) is 5.75 Å². The van der Waals surface area contributed by atoms with Crippen molar-refractivity contribution >= 4 is 21.4 Å². The lowest BCUT2D eigenvalue weighted by atomic mass is 10.1. The van der Waals surface area contributed by atoms with E-state index in [1.54, 1.807) is 42.1 Å². The second-order valence-corrected chi connectivity index (χ2v) is 9.69. The maximum Gasteiger partial charge on any atom is 0.276 e. The average molecular weight is 426 g/mol. The highest BCUT2D eigenvalue weighted by Gasteiger charge is 2.32. The van der Waals surface area contributed by atoms with Gasteiger partial charge in [0.15, 0.2) is 15.5 Å². The summed E-state index contributed by atoms with van der Waals surface area (Å²) in [5, 5.41) is 7.33. The zero-order chi connectivity index (χ0) is 21.3. The van der Waals surface area contributed by atoms with Crippen molar-refractivity contribution in [1.82, 2.24) is 9.78 Å². The number of benzene rings is 2. The van der Waals surface area contributed by atoms with Crippen molar-refractivity contribution in [3.63, 3.8) is 0 Å². The minimum absolute atomic E-state index is 0.0348. The van der Waals surface area contributed by atoms with Crippen molar-refractivity contribution in [3.8, 4) is 17.0 Å². The van der Waals surface area contributed by atoms with Crippen molar-refractivity contribution in [2.75, 3.05) is 23.9 Å². The molecule has 156 valence electrons. The van der Waals surface area contributed by atoms with E-state index < -0.39 is 9.84 Å². The molecule has 1 aliphatic heterocycles. The second kappa shape index (κ2) is 7.95. The van der Waals surface area contributed by atoms with Gasteiger partial charge in [0.2, 0.25) is 0 Å². The van der Waals surface area contributed by atoms with Gasteiger partial charge >= 0.3 is 0 Å². The molecule has 1 atom stereocenters. The molecule has 1 fully saturated rings. The minimum atomic E-state index is -3.09. The molecular formula is C22H23N3O4S. The first-order valence-corrected chi connectivity index (χ1v) is 11.5. The molecule has 0 spiro atoms. The van der Waals surface area contributed by atoms with E-state index in [9.17, 15) is 13.2 Å². The molecule has 0 aliphatic carbocycles. The third-order valence-electron chi connectivity index (χ3n) is 5.22. The van der Waals surface area contributed by atoms with Gasteiger partial charge in [-0.15, -0.1) is 0 Å². The maximum absolute atomic E-state index is 12.8. The molecule has 1 amide bonds. The van der Waals surface area contributed by atoms with Crippen molar-refractivity contribution in [3.05, 3.63) is 65.9 Å². The lowest BCUT2D eigenvalue weighted by Crippen LogP contribution is -2.16. The number of aryl methyl sites for hydroxylation is 1. The highest BCUT2D eigenvalue weighted by Crippen LogP contribution is 2.30. The summed E-state index contributed by atoms with van der Waals surface area (Å²) in [6.07, 6.45) is 0.489. The molecule has 1 aliphatic rings. The summed E-state index contributed by atoms with van der Waals surface area (Å²) in [5.74, 6) is 0.514. The molecular weight excluding hydrogens is 402 g/mol. The molecule has 1 unspecified atom stereocenters. The van der Waals surface area contributed by atoms with Crippen LogP contribution in [0.2, 0.25) is 0 Å². The Hall–Kier alpha value is -3.13. The van der Waals surface area contributed by atoms with Crippen LogP contribution in [0.15, 0.2) is 54.6 Å². The van der Waals surface area contributed by atoms with Gasteiger partial charge in [-0.2, -0.15) is 5.10 Å².